The van der Waals surface area contributed by atoms with Crippen LogP contribution in [-0.4, -0.2) is 57.6 Å². The summed E-state index contributed by atoms with van der Waals surface area (Å²) in [4.78, 5) is 28.3. The molecule has 0 unspecified atom stereocenters. The number of ether oxygens (including phenoxy) is 1. The van der Waals surface area contributed by atoms with Crippen LogP contribution >= 0.6 is 0 Å². The third kappa shape index (κ3) is 7.98. The van der Waals surface area contributed by atoms with Gasteiger partial charge in [-0.3, -0.25) is 13.9 Å². The van der Waals surface area contributed by atoms with Crippen LogP contribution < -0.4 is 14.4 Å². The maximum Gasteiger partial charge on any atom is 0.244 e. The Balaban J connectivity index is 2.46. The number of carbonyl (C=O) groups is 2. The van der Waals surface area contributed by atoms with Crippen LogP contribution in [0, 0.1) is 19.8 Å². The zero-order chi connectivity index (χ0) is 27.0. The molecule has 2 aromatic carbocycles. The van der Waals surface area contributed by atoms with Crippen molar-refractivity contribution in [2.75, 3.05) is 30.8 Å². The van der Waals surface area contributed by atoms with Crippen LogP contribution in [0.15, 0.2) is 42.5 Å². The number of benzene rings is 2. The Morgan fingerprint density at radius 3 is 2.31 bits per heavy atom. The Morgan fingerprint density at radius 1 is 1.06 bits per heavy atom. The van der Waals surface area contributed by atoms with E-state index < -0.39 is 28.5 Å². The molecule has 198 valence electrons. The third-order valence-electron chi connectivity index (χ3n) is 6.02. The molecule has 0 aliphatic heterocycles. The van der Waals surface area contributed by atoms with Gasteiger partial charge < -0.3 is 15.0 Å². The number of nitrogens with zero attached hydrogens (tertiary/aromatic N) is 2. The molecule has 0 aliphatic carbocycles. The monoisotopic (exact) mass is 517 g/mol. The van der Waals surface area contributed by atoms with E-state index >= 15 is 0 Å². The zero-order valence-electron chi connectivity index (χ0n) is 22.4. The smallest absolute Gasteiger partial charge is 0.244 e. The van der Waals surface area contributed by atoms with E-state index in [0.717, 1.165) is 27.3 Å². The summed E-state index contributed by atoms with van der Waals surface area (Å²) in [6.45, 7) is 9.85. The largest absolute Gasteiger partial charge is 0.497 e. The number of methoxy groups -OCH3 is 1. The Labute approximate surface area is 215 Å². The molecule has 2 amide bonds. The van der Waals surface area contributed by atoms with Gasteiger partial charge in [0.1, 0.15) is 18.3 Å². The van der Waals surface area contributed by atoms with Crippen molar-refractivity contribution in [3.8, 4) is 5.75 Å². The van der Waals surface area contributed by atoms with Crippen molar-refractivity contribution in [2.24, 2.45) is 5.92 Å². The lowest BCUT2D eigenvalue weighted by atomic mass is 10.1. The highest BCUT2D eigenvalue weighted by Crippen LogP contribution is 2.23. The van der Waals surface area contributed by atoms with Crippen LogP contribution in [0.4, 0.5) is 5.69 Å². The van der Waals surface area contributed by atoms with E-state index in [4.69, 9.17) is 4.74 Å². The minimum atomic E-state index is -3.77. The van der Waals surface area contributed by atoms with Crippen molar-refractivity contribution in [2.45, 2.75) is 53.6 Å². The number of amides is 2. The molecule has 36 heavy (non-hydrogen) atoms. The van der Waals surface area contributed by atoms with E-state index in [9.17, 15) is 18.0 Å². The van der Waals surface area contributed by atoms with Crippen LogP contribution in [0.3, 0.4) is 0 Å². The molecule has 0 heterocycles. The molecular formula is C27H39N3O5S. The zero-order valence-corrected chi connectivity index (χ0v) is 23.2. The molecule has 0 fully saturated rings. The molecule has 0 bridgehead atoms. The van der Waals surface area contributed by atoms with Crippen molar-refractivity contribution in [3.05, 3.63) is 59.2 Å². The Kier molecular flexibility index (Phi) is 10.3. The molecule has 1 N–H and O–H groups in total. The highest BCUT2D eigenvalue weighted by molar-refractivity contribution is 7.92. The Morgan fingerprint density at radius 2 is 1.75 bits per heavy atom. The summed E-state index contributed by atoms with van der Waals surface area (Å²) in [6.07, 6.45) is 1.46. The first-order valence-corrected chi connectivity index (χ1v) is 14.0. The van der Waals surface area contributed by atoms with Gasteiger partial charge in [-0.05, 0) is 67.1 Å². The fraction of sp³-hybridized carbons (Fsp3) is 0.481. The molecule has 1 atom stereocenters. The second-order valence-electron chi connectivity index (χ2n) is 9.47. The fourth-order valence-electron chi connectivity index (χ4n) is 3.80. The number of nitrogens with one attached hydrogen (secondary N) is 1. The Hall–Kier alpha value is -3.07. The average Bonchev–Trinajstić information content (AvgIpc) is 2.82. The average molecular weight is 518 g/mol. The second kappa shape index (κ2) is 12.8. The summed E-state index contributed by atoms with van der Waals surface area (Å²) in [7, 11) is -2.21. The molecule has 0 aliphatic rings. The molecule has 2 aromatic rings. The lowest BCUT2D eigenvalue weighted by molar-refractivity contribution is -0.140. The summed E-state index contributed by atoms with van der Waals surface area (Å²) < 4.78 is 31.9. The van der Waals surface area contributed by atoms with Crippen LogP contribution in [0.25, 0.3) is 0 Å². The molecule has 9 heteroatoms. The Bertz CT molecular complexity index is 1160. The maximum atomic E-state index is 13.7. The van der Waals surface area contributed by atoms with Gasteiger partial charge in [0.25, 0.3) is 0 Å². The molecule has 0 spiro atoms. The van der Waals surface area contributed by atoms with Gasteiger partial charge in [-0.1, -0.05) is 39.0 Å². The van der Waals surface area contributed by atoms with Crippen LogP contribution in [-0.2, 0) is 26.2 Å². The van der Waals surface area contributed by atoms with Crippen molar-refractivity contribution >= 4 is 27.5 Å². The predicted molar refractivity (Wildman–Crippen MR) is 144 cm³/mol. The second-order valence-corrected chi connectivity index (χ2v) is 11.4. The van der Waals surface area contributed by atoms with E-state index in [1.165, 1.54) is 4.90 Å². The van der Waals surface area contributed by atoms with E-state index in [1.54, 1.807) is 31.4 Å². The van der Waals surface area contributed by atoms with Gasteiger partial charge >= 0.3 is 0 Å². The highest BCUT2D eigenvalue weighted by atomic mass is 32.2. The first-order valence-electron chi connectivity index (χ1n) is 12.1. The van der Waals surface area contributed by atoms with Gasteiger partial charge in [-0.2, -0.15) is 0 Å². The van der Waals surface area contributed by atoms with Crippen molar-refractivity contribution in [3.63, 3.8) is 0 Å². The highest BCUT2D eigenvalue weighted by Gasteiger charge is 2.31. The lowest BCUT2D eigenvalue weighted by Crippen LogP contribution is -2.52. The number of aryl methyl sites for hydroxylation is 2. The van der Waals surface area contributed by atoms with Crippen LogP contribution in [0.2, 0.25) is 0 Å². The number of anilines is 1. The first-order chi connectivity index (χ1) is 16.9. The third-order valence-corrected chi connectivity index (χ3v) is 7.16. The SMILES string of the molecule is CC[C@H](C(=O)NCC(C)C)N(Cc1cccc(OC)c1)C(=O)CN(c1ccc(C)c(C)c1)S(C)(=O)=O. The number of sulfonamides is 1. The van der Waals surface area contributed by atoms with Gasteiger partial charge in [0.15, 0.2) is 0 Å². The minimum absolute atomic E-state index is 0.133. The molecule has 0 radical (unpaired) electrons. The minimum Gasteiger partial charge on any atom is -0.497 e. The van der Waals surface area contributed by atoms with Crippen LogP contribution in [0.5, 0.6) is 5.75 Å². The lowest BCUT2D eigenvalue weighted by Gasteiger charge is -2.33. The van der Waals surface area contributed by atoms with Crippen molar-refractivity contribution in [1.29, 1.82) is 0 Å². The van der Waals surface area contributed by atoms with Gasteiger partial charge in [0.05, 0.1) is 19.1 Å². The number of carbonyl (C=O) groups excluding carboxylic acids is 2. The molecule has 0 saturated carbocycles. The van der Waals surface area contributed by atoms with Crippen LogP contribution in [0.1, 0.15) is 43.9 Å². The molecular weight excluding hydrogens is 478 g/mol. The molecule has 0 aromatic heterocycles. The number of hydrogen-bond acceptors (Lipinski definition) is 5. The summed E-state index contributed by atoms with van der Waals surface area (Å²) in [5.74, 6) is 0.150. The normalized spacial score (nSPS) is 12.2. The van der Waals surface area contributed by atoms with E-state index in [0.29, 0.717) is 24.4 Å². The van der Waals surface area contributed by atoms with Gasteiger partial charge in [-0.15, -0.1) is 0 Å². The summed E-state index contributed by atoms with van der Waals surface area (Å²) >= 11 is 0. The maximum absolute atomic E-state index is 13.7. The van der Waals surface area contributed by atoms with Gasteiger partial charge in [0, 0.05) is 13.1 Å². The van der Waals surface area contributed by atoms with E-state index in [-0.39, 0.29) is 18.4 Å². The van der Waals surface area contributed by atoms with E-state index in [1.807, 2.05) is 52.8 Å². The number of rotatable bonds is 12. The van der Waals surface area contributed by atoms with Crippen molar-refractivity contribution < 1.29 is 22.7 Å². The van der Waals surface area contributed by atoms with Crippen molar-refractivity contribution in [1.82, 2.24) is 10.2 Å². The first kappa shape index (κ1) is 29.2. The quantitative estimate of drug-likeness (QED) is 0.464. The fourth-order valence-corrected chi connectivity index (χ4v) is 4.65. The molecule has 8 nitrogen and oxygen atoms in total. The van der Waals surface area contributed by atoms with E-state index in [2.05, 4.69) is 5.32 Å². The van der Waals surface area contributed by atoms with Gasteiger partial charge in [0.2, 0.25) is 21.8 Å². The van der Waals surface area contributed by atoms with Gasteiger partial charge in [-0.25, -0.2) is 8.42 Å². The summed E-state index contributed by atoms with van der Waals surface area (Å²) in [6, 6.07) is 11.8. The topological polar surface area (TPSA) is 96.0 Å². The summed E-state index contributed by atoms with van der Waals surface area (Å²) in [5.41, 5.74) is 3.12. The molecule has 2 rings (SSSR count). The standard InChI is InChI=1S/C27H39N3O5S/c1-8-25(27(32)28-16-19(2)3)29(17-22-10-9-11-24(15-22)35-6)26(31)18-30(36(7,33)34)23-13-12-20(4)21(5)14-23/h9-15,19,25H,8,16-18H2,1-7H3,(H,28,32)/t25-/m1/s1. The summed E-state index contributed by atoms with van der Waals surface area (Å²) in [5, 5.41) is 2.92. The number of hydrogen-bond donors (Lipinski definition) is 1. The molecule has 0 saturated heterocycles. The predicted octanol–water partition coefficient (Wildman–Crippen LogP) is 3.66.